The number of nitrogens with two attached hydrogens (primary N) is 1. The smallest absolute Gasteiger partial charge is 0.320 e. The van der Waals surface area contributed by atoms with Crippen LogP contribution >= 0.6 is 0 Å². The van der Waals surface area contributed by atoms with E-state index in [1.165, 1.54) is 5.56 Å². The Kier molecular flexibility index (Phi) is 5.49. The molecule has 1 rings (SSSR count). The Labute approximate surface area is 101 Å². The number of aliphatic carboxylic acids is 1. The van der Waals surface area contributed by atoms with Crippen LogP contribution < -0.4 is 10.5 Å². The zero-order chi connectivity index (χ0) is 12.7. The van der Waals surface area contributed by atoms with Gasteiger partial charge in [0, 0.05) is 0 Å². The molecule has 1 atom stereocenters. The van der Waals surface area contributed by atoms with Crippen molar-refractivity contribution in [1.29, 1.82) is 0 Å². The zero-order valence-electron chi connectivity index (χ0n) is 10.1. The van der Waals surface area contributed by atoms with E-state index >= 15 is 0 Å². The lowest BCUT2D eigenvalue weighted by molar-refractivity contribution is -0.138. The second kappa shape index (κ2) is 6.91. The highest BCUT2D eigenvalue weighted by atomic mass is 16.5. The van der Waals surface area contributed by atoms with Crippen LogP contribution in [0.2, 0.25) is 0 Å². The van der Waals surface area contributed by atoms with Gasteiger partial charge in [-0.25, -0.2) is 0 Å². The summed E-state index contributed by atoms with van der Waals surface area (Å²) in [5.41, 5.74) is 6.60. The first-order valence-electron chi connectivity index (χ1n) is 5.83. The molecule has 1 aromatic rings. The van der Waals surface area contributed by atoms with Crippen LogP contribution in [0, 0.1) is 0 Å². The maximum absolute atomic E-state index is 10.5. The van der Waals surface area contributed by atoms with Gasteiger partial charge in [-0.2, -0.15) is 0 Å². The molecule has 0 aliphatic rings. The summed E-state index contributed by atoms with van der Waals surface area (Å²) in [4.78, 5) is 10.5. The second-order valence-electron chi connectivity index (χ2n) is 3.91. The molecular weight excluding hydrogens is 218 g/mol. The van der Waals surface area contributed by atoms with E-state index in [0.717, 1.165) is 18.6 Å². The molecule has 17 heavy (non-hydrogen) atoms. The molecule has 3 N–H and O–H groups in total. The van der Waals surface area contributed by atoms with Gasteiger partial charge in [-0.3, -0.25) is 4.79 Å². The van der Waals surface area contributed by atoms with Crippen molar-refractivity contribution >= 4 is 5.97 Å². The third kappa shape index (κ3) is 4.87. The van der Waals surface area contributed by atoms with Gasteiger partial charge in [0.25, 0.3) is 0 Å². The number of hydrogen-bond acceptors (Lipinski definition) is 3. The number of rotatable bonds is 7. The fraction of sp³-hybridized carbons (Fsp3) is 0.462. The molecule has 0 spiro atoms. The number of carbonyl (C=O) groups is 1. The molecule has 0 radical (unpaired) electrons. The molecule has 0 heterocycles. The van der Waals surface area contributed by atoms with E-state index in [1.54, 1.807) is 0 Å². The third-order valence-corrected chi connectivity index (χ3v) is 2.53. The summed E-state index contributed by atoms with van der Waals surface area (Å²) >= 11 is 0. The van der Waals surface area contributed by atoms with Crippen LogP contribution in [0.25, 0.3) is 0 Å². The van der Waals surface area contributed by atoms with Gasteiger partial charge < -0.3 is 15.6 Å². The molecule has 0 amide bonds. The second-order valence-corrected chi connectivity index (χ2v) is 3.91. The van der Waals surface area contributed by atoms with Gasteiger partial charge in [-0.05, 0) is 43.9 Å². The number of carboxylic acid groups (broad SMARTS) is 1. The molecule has 0 unspecified atom stereocenters. The Hall–Kier alpha value is -1.55. The van der Waals surface area contributed by atoms with E-state index in [0.29, 0.717) is 13.0 Å². The van der Waals surface area contributed by atoms with Crippen molar-refractivity contribution < 1.29 is 14.6 Å². The highest BCUT2D eigenvalue weighted by Crippen LogP contribution is 2.14. The Morgan fingerprint density at radius 3 is 2.59 bits per heavy atom. The van der Waals surface area contributed by atoms with Crippen molar-refractivity contribution in [3.63, 3.8) is 0 Å². The van der Waals surface area contributed by atoms with Gasteiger partial charge >= 0.3 is 5.97 Å². The predicted octanol–water partition coefficient (Wildman–Crippen LogP) is 1.82. The lowest BCUT2D eigenvalue weighted by atomic mass is 10.1. The highest BCUT2D eigenvalue weighted by molar-refractivity contribution is 5.72. The van der Waals surface area contributed by atoms with Crippen LogP contribution in [0.4, 0.5) is 0 Å². The maximum atomic E-state index is 10.5. The largest absolute Gasteiger partial charge is 0.494 e. The maximum Gasteiger partial charge on any atom is 0.320 e. The summed E-state index contributed by atoms with van der Waals surface area (Å²) in [7, 11) is 0. The normalized spacial score (nSPS) is 12.1. The quantitative estimate of drug-likeness (QED) is 0.758. The number of hydrogen-bond donors (Lipinski definition) is 2. The molecule has 0 saturated carbocycles. The van der Waals surface area contributed by atoms with Gasteiger partial charge in [0.2, 0.25) is 0 Å². The van der Waals surface area contributed by atoms with Crippen LogP contribution in [0.3, 0.4) is 0 Å². The van der Waals surface area contributed by atoms with Crippen molar-refractivity contribution in [1.82, 2.24) is 0 Å². The van der Waals surface area contributed by atoms with E-state index in [1.807, 2.05) is 31.2 Å². The van der Waals surface area contributed by atoms with Crippen LogP contribution in [-0.4, -0.2) is 23.7 Å². The van der Waals surface area contributed by atoms with Gasteiger partial charge in [0.1, 0.15) is 11.8 Å². The number of benzene rings is 1. The van der Waals surface area contributed by atoms with Crippen LogP contribution in [0.1, 0.15) is 25.3 Å². The topological polar surface area (TPSA) is 72.5 Å². The standard InChI is InChI=1S/C13H19NO3/c1-2-17-11-8-6-10(7-9-11)4-3-5-12(14)13(15)16/h6-9,12H,2-5,14H2,1H3,(H,15,16)/t12-/m0/s1. The van der Waals surface area contributed by atoms with E-state index in [9.17, 15) is 4.79 Å². The van der Waals surface area contributed by atoms with Crippen molar-refractivity contribution in [3.8, 4) is 5.75 Å². The SMILES string of the molecule is CCOc1ccc(CCC[C@H](N)C(=O)O)cc1. The van der Waals surface area contributed by atoms with Gasteiger partial charge in [0.15, 0.2) is 0 Å². The summed E-state index contributed by atoms with van der Waals surface area (Å²) in [6.07, 6.45) is 2.12. The summed E-state index contributed by atoms with van der Waals surface area (Å²) in [6, 6.07) is 7.10. The monoisotopic (exact) mass is 237 g/mol. The molecule has 0 aliphatic carbocycles. The molecule has 1 aromatic carbocycles. The fourth-order valence-electron chi connectivity index (χ4n) is 1.57. The predicted molar refractivity (Wildman–Crippen MR) is 66.2 cm³/mol. The molecule has 94 valence electrons. The number of carboxylic acids is 1. The lowest BCUT2D eigenvalue weighted by Crippen LogP contribution is -2.29. The first-order chi connectivity index (χ1) is 8.13. The van der Waals surface area contributed by atoms with Gasteiger partial charge in [-0.1, -0.05) is 12.1 Å². The lowest BCUT2D eigenvalue weighted by Gasteiger charge is -2.07. The molecule has 0 aromatic heterocycles. The minimum atomic E-state index is -0.934. The van der Waals surface area contributed by atoms with E-state index in [-0.39, 0.29) is 0 Å². The van der Waals surface area contributed by atoms with Crippen molar-refractivity contribution in [2.24, 2.45) is 5.73 Å². The van der Waals surface area contributed by atoms with Crippen molar-refractivity contribution in [2.45, 2.75) is 32.2 Å². The average molecular weight is 237 g/mol. The summed E-state index contributed by atoms with van der Waals surface area (Å²) < 4.78 is 5.34. The number of ether oxygens (including phenoxy) is 1. The first-order valence-corrected chi connectivity index (χ1v) is 5.83. The van der Waals surface area contributed by atoms with E-state index in [2.05, 4.69) is 0 Å². The van der Waals surface area contributed by atoms with Crippen LogP contribution in [-0.2, 0) is 11.2 Å². The summed E-state index contributed by atoms with van der Waals surface area (Å²) in [5, 5.41) is 8.63. The zero-order valence-corrected chi connectivity index (χ0v) is 10.1. The highest BCUT2D eigenvalue weighted by Gasteiger charge is 2.10. The third-order valence-electron chi connectivity index (χ3n) is 2.53. The minimum Gasteiger partial charge on any atom is -0.494 e. The molecule has 0 bridgehead atoms. The molecule has 0 saturated heterocycles. The van der Waals surface area contributed by atoms with Crippen molar-refractivity contribution in [3.05, 3.63) is 29.8 Å². The summed E-state index contributed by atoms with van der Waals surface area (Å²) in [6.45, 7) is 2.61. The number of aryl methyl sites for hydroxylation is 1. The Balaban J connectivity index is 2.34. The van der Waals surface area contributed by atoms with Gasteiger partial charge in [-0.15, -0.1) is 0 Å². The van der Waals surface area contributed by atoms with Gasteiger partial charge in [0.05, 0.1) is 6.61 Å². The van der Waals surface area contributed by atoms with E-state index < -0.39 is 12.0 Å². The van der Waals surface area contributed by atoms with Crippen LogP contribution in [0.5, 0.6) is 5.75 Å². The Bertz CT molecular complexity index is 348. The van der Waals surface area contributed by atoms with Crippen LogP contribution in [0.15, 0.2) is 24.3 Å². The first kappa shape index (κ1) is 13.5. The fourth-order valence-corrected chi connectivity index (χ4v) is 1.57. The average Bonchev–Trinajstić information content (AvgIpc) is 2.31. The summed E-state index contributed by atoms with van der Waals surface area (Å²) in [5.74, 6) is -0.0739. The Morgan fingerprint density at radius 2 is 2.06 bits per heavy atom. The minimum absolute atomic E-state index is 0.503. The molecule has 0 aliphatic heterocycles. The molecular formula is C13H19NO3. The molecule has 0 fully saturated rings. The van der Waals surface area contributed by atoms with Crippen molar-refractivity contribution in [2.75, 3.05) is 6.61 Å². The molecule has 4 heteroatoms. The molecule has 4 nitrogen and oxygen atoms in total. The Morgan fingerprint density at radius 1 is 1.41 bits per heavy atom. The van der Waals surface area contributed by atoms with E-state index in [4.69, 9.17) is 15.6 Å².